The summed E-state index contributed by atoms with van der Waals surface area (Å²) in [7, 11) is 1.66. The van der Waals surface area contributed by atoms with Crippen LogP contribution in [-0.2, 0) is 4.74 Å². The highest BCUT2D eigenvalue weighted by molar-refractivity contribution is 6.29. The van der Waals surface area contributed by atoms with Crippen molar-refractivity contribution in [1.29, 1.82) is 0 Å². The molecule has 1 aliphatic rings. The van der Waals surface area contributed by atoms with Gasteiger partial charge in [0.05, 0.1) is 12.1 Å². The first-order valence-corrected chi connectivity index (χ1v) is 5.91. The summed E-state index contributed by atoms with van der Waals surface area (Å²) in [5, 5.41) is 10.6. The molecule has 1 saturated carbocycles. The number of hydrogen-bond donors (Lipinski definition) is 1. The van der Waals surface area contributed by atoms with Gasteiger partial charge >= 0.3 is 0 Å². The Morgan fingerprint density at radius 3 is 2.94 bits per heavy atom. The van der Waals surface area contributed by atoms with E-state index in [4.69, 9.17) is 16.3 Å². The van der Waals surface area contributed by atoms with Crippen LogP contribution < -0.4 is 5.32 Å². The molecule has 1 heterocycles. The summed E-state index contributed by atoms with van der Waals surface area (Å²) >= 11 is 5.61. The Morgan fingerprint density at radius 1 is 1.47 bits per heavy atom. The smallest absolute Gasteiger partial charge is 0.272 e. The summed E-state index contributed by atoms with van der Waals surface area (Å²) in [5.74, 6) is -0.233. The molecule has 0 saturated heterocycles. The van der Waals surface area contributed by atoms with Crippen molar-refractivity contribution in [2.45, 2.75) is 31.4 Å². The van der Waals surface area contributed by atoms with Crippen molar-refractivity contribution in [2.75, 3.05) is 7.11 Å². The van der Waals surface area contributed by atoms with E-state index >= 15 is 0 Å². The molecular formula is C11H14ClN3O2. The molecule has 2 rings (SSSR count). The summed E-state index contributed by atoms with van der Waals surface area (Å²) < 4.78 is 5.31. The summed E-state index contributed by atoms with van der Waals surface area (Å²) in [6, 6.07) is 3.16. The minimum Gasteiger partial charge on any atom is -0.379 e. The van der Waals surface area contributed by atoms with Crippen LogP contribution in [0.5, 0.6) is 0 Å². The van der Waals surface area contributed by atoms with Gasteiger partial charge < -0.3 is 10.1 Å². The number of hydrogen-bond acceptors (Lipinski definition) is 4. The van der Waals surface area contributed by atoms with E-state index in [1.165, 1.54) is 0 Å². The van der Waals surface area contributed by atoms with Crippen molar-refractivity contribution in [3.05, 3.63) is 23.0 Å². The molecule has 0 aromatic carbocycles. The first-order valence-electron chi connectivity index (χ1n) is 5.53. The summed E-state index contributed by atoms with van der Waals surface area (Å²) in [6.45, 7) is 0. The number of carbonyl (C=O) groups is 1. The molecule has 2 atom stereocenters. The lowest BCUT2D eigenvalue weighted by Crippen LogP contribution is -2.41. The molecule has 1 aromatic heterocycles. The molecule has 92 valence electrons. The molecule has 0 bridgehead atoms. The minimum atomic E-state index is -0.233. The van der Waals surface area contributed by atoms with E-state index in [1.54, 1.807) is 19.2 Å². The van der Waals surface area contributed by atoms with Crippen molar-refractivity contribution in [1.82, 2.24) is 15.5 Å². The number of nitrogens with one attached hydrogen (secondary N) is 1. The molecule has 1 aromatic rings. The Bertz CT molecular complexity index is 396. The minimum absolute atomic E-state index is 0.0602. The molecule has 17 heavy (non-hydrogen) atoms. The van der Waals surface area contributed by atoms with E-state index in [-0.39, 0.29) is 28.9 Å². The van der Waals surface area contributed by atoms with Gasteiger partial charge in [-0.25, -0.2) is 0 Å². The number of methoxy groups -OCH3 is 1. The maximum Gasteiger partial charge on any atom is 0.272 e. The molecule has 0 aliphatic heterocycles. The van der Waals surface area contributed by atoms with Crippen LogP contribution in [0.15, 0.2) is 12.1 Å². The van der Waals surface area contributed by atoms with Gasteiger partial charge in [-0.3, -0.25) is 4.79 Å². The Balaban J connectivity index is 1.99. The van der Waals surface area contributed by atoms with Gasteiger partial charge in [-0.15, -0.1) is 10.2 Å². The zero-order valence-corrected chi connectivity index (χ0v) is 10.3. The first kappa shape index (κ1) is 12.3. The first-order chi connectivity index (χ1) is 8.20. The second-order valence-corrected chi connectivity index (χ2v) is 4.41. The normalized spacial score (nSPS) is 23.6. The van der Waals surface area contributed by atoms with Crippen LogP contribution in [0.1, 0.15) is 29.8 Å². The maximum atomic E-state index is 11.9. The third-order valence-corrected chi connectivity index (χ3v) is 3.14. The van der Waals surface area contributed by atoms with E-state index in [1.807, 2.05) is 0 Å². The Kier molecular flexibility index (Phi) is 3.91. The van der Waals surface area contributed by atoms with Crippen LogP contribution >= 0.6 is 11.6 Å². The molecule has 1 N–H and O–H groups in total. The quantitative estimate of drug-likeness (QED) is 0.887. The van der Waals surface area contributed by atoms with Crippen LogP contribution in [0, 0.1) is 0 Å². The van der Waals surface area contributed by atoms with E-state index in [0.29, 0.717) is 0 Å². The van der Waals surface area contributed by atoms with Gasteiger partial charge in [0.15, 0.2) is 10.8 Å². The van der Waals surface area contributed by atoms with Gasteiger partial charge in [-0.1, -0.05) is 11.6 Å². The molecule has 0 radical (unpaired) electrons. The summed E-state index contributed by atoms with van der Waals surface area (Å²) in [6.07, 6.45) is 3.08. The lowest BCUT2D eigenvalue weighted by atomic mass is 10.2. The third kappa shape index (κ3) is 2.92. The van der Waals surface area contributed by atoms with Crippen LogP contribution in [0.4, 0.5) is 0 Å². The van der Waals surface area contributed by atoms with Crippen molar-refractivity contribution >= 4 is 17.5 Å². The number of halogens is 1. The summed E-state index contributed by atoms with van der Waals surface area (Å²) in [5.41, 5.74) is 0.274. The molecule has 1 amide bonds. The van der Waals surface area contributed by atoms with Crippen LogP contribution in [-0.4, -0.2) is 35.4 Å². The highest BCUT2D eigenvalue weighted by Gasteiger charge is 2.28. The van der Waals surface area contributed by atoms with Crippen LogP contribution in [0.3, 0.4) is 0 Å². The predicted octanol–water partition coefficient (Wildman–Crippen LogP) is 1.43. The topological polar surface area (TPSA) is 64.1 Å². The lowest BCUT2D eigenvalue weighted by Gasteiger charge is -2.19. The second kappa shape index (κ2) is 5.42. The average molecular weight is 256 g/mol. The van der Waals surface area contributed by atoms with Crippen molar-refractivity contribution < 1.29 is 9.53 Å². The van der Waals surface area contributed by atoms with Gasteiger partial charge in [-0.05, 0) is 31.4 Å². The maximum absolute atomic E-state index is 11.9. The fourth-order valence-electron chi connectivity index (χ4n) is 2.05. The molecule has 2 unspecified atom stereocenters. The number of nitrogens with zero attached hydrogens (tertiary/aromatic N) is 2. The molecule has 1 fully saturated rings. The van der Waals surface area contributed by atoms with Gasteiger partial charge in [0.1, 0.15) is 0 Å². The molecular weight excluding hydrogens is 242 g/mol. The molecule has 5 nitrogen and oxygen atoms in total. The van der Waals surface area contributed by atoms with E-state index in [9.17, 15) is 4.79 Å². The largest absolute Gasteiger partial charge is 0.379 e. The van der Waals surface area contributed by atoms with Crippen LogP contribution in [0.2, 0.25) is 5.15 Å². The zero-order chi connectivity index (χ0) is 12.3. The third-order valence-electron chi connectivity index (χ3n) is 2.94. The monoisotopic (exact) mass is 255 g/mol. The highest BCUT2D eigenvalue weighted by Crippen LogP contribution is 2.21. The Labute approximate surface area is 105 Å². The number of rotatable bonds is 3. The zero-order valence-electron chi connectivity index (χ0n) is 9.52. The Morgan fingerprint density at radius 2 is 2.29 bits per heavy atom. The SMILES string of the molecule is COC1CCCC1NC(=O)c1ccc(Cl)nn1. The summed E-state index contributed by atoms with van der Waals surface area (Å²) in [4.78, 5) is 11.9. The molecule has 1 aliphatic carbocycles. The lowest BCUT2D eigenvalue weighted by molar-refractivity contribution is 0.0718. The molecule has 6 heteroatoms. The van der Waals surface area contributed by atoms with E-state index in [2.05, 4.69) is 15.5 Å². The number of aromatic nitrogens is 2. The number of amides is 1. The van der Waals surface area contributed by atoms with Gasteiger partial charge in [0.25, 0.3) is 5.91 Å². The fraction of sp³-hybridized carbons (Fsp3) is 0.545. The number of ether oxygens (including phenoxy) is 1. The van der Waals surface area contributed by atoms with Crippen molar-refractivity contribution in [3.63, 3.8) is 0 Å². The van der Waals surface area contributed by atoms with E-state index in [0.717, 1.165) is 19.3 Å². The second-order valence-electron chi connectivity index (χ2n) is 4.03. The van der Waals surface area contributed by atoms with Gasteiger partial charge in [-0.2, -0.15) is 0 Å². The Hall–Kier alpha value is -1.20. The van der Waals surface area contributed by atoms with Crippen LogP contribution in [0.25, 0.3) is 0 Å². The number of carbonyl (C=O) groups excluding carboxylic acids is 1. The highest BCUT2D eigenvalue weighted by atomic mass is 35.5. The van der Waals surface area contributed by atoms with E-state index < -0.39 is 0 Å². The van der Waals surface area contributed by atoms with Gasteiger partial charge in [0, 0.05) is 7.11 Å². The average Bonchev–Trinajstić information content (AvgIpc) is 2.77. The van der Waals surface area contributed by atoms with Gasteiger partial charge in [0.2, 0.25) is 0 Å². The fourth-order valence-corrected chi connectivity index (χ4v) is 2.15. The van der Waals surface area contributed by atoms with Crippen molar-refractivity contribution in [3.8, 4) is 0 Å². The molecule has 0 spiro atoms. The predicted molar refractivity (Wildman–Crippen MR) is 62.9 cm³/mol. The van der Waals surface area contributed by atoms with Crippen molar-refractivity contribution in [2.24, 2.45) is 0 Å². The standard InChI is InChI=1S/C11H14ClN3O2/c1-17-9-4-2-3-7(9)13-11(16)8-5-6-10(12)15-14-8/h5-7,9H,2-4H2,1H3,(H,13,16).